The van der Waals surface area contributed by atoms with Gasteiger partial charge in [-0.05, 0) is 56.9 Å². The Morgan fingerprint density at radius 1 is 0.952 bits per heavy atom. The number of benzene rings is 3. The number of amides is 2. The summed E-state index contributed by atoms with van der Waals surface area (Å²) in [5.41, 5.74) is 2.08. The van der Waals surface area contributed by atoms with Crippen LogP contribution >= 0.6 is 0 Å². The average Bonchev–Trinajstić information content (AvgIpc) is 2.89. The van der Waals surface area contributed by atoms with Crippen molar-refractivity contribution in [2.24, 2.45) is 0 Å². The highest BCUT2D eigenvalue weighted by Crippen LogP contribution is 2.28. The minimum Gasteiger partial charge on any atom is -0.350 e. The van der Waals surface area contributed by atoms with Crippen LogP contribution in [0.15, 0.2) is 72.8 Å². The predicted molar refractivity (Wildman–Crippen MR) is 164 cm³/mol. The van der Waals surface area contributed by atoms with Gasteiger partial charge in [-0.15, -0.1) is 0 Å². The SMILES string of the molecule is Cc1ccccc1CN(C(=O)CN(c1cc([N+](=O)[O-])ccc1C)S(C)(=O)=O)[C@H](Cc1ccccc1)C(=O)NC(C)(C)C. The van der Waals surface area contributed by atoms with E-state index in [4.69, 9.17) is 0 Å². The largest absolute Gasteiger partial charge is 0.350 e. The van der Waals surface area contributed by atoms with Crippen molar-refractivity contribution in [1.82, 2.24) is 10.2 Å². The van der Waals surface area contributed by atoms with Crippen molar-refractivity contribution >= 4 is 33.2 Å². The minimum atomic E-state index is -4.06. The first-order valence-corrected chi connectivity index (χ1v) is 15.3. The first-order valence-electron chi connectivity index (χ1n) is 13.5. The van der Waals surface area contributed by atoms with Crippen LogP contribution in [0, 0.1) is 24.0 Å². The molecular formula is C31H38N4O6S. The van der Waals surface area contributed by atoms with Gasteiger partial charge in [0.25, 0.3) is 5.69 Å². The number of carbonyl (C=O) groups is 2. The van der Waals surface area contributed by atoms with Crippen LogP contribution in [-0.2, 0) is 32.6 Å². The number of sulfonamides is 1. The molecule has 0 unspecified atom stereocenters. The number of carbonyl (C=O) groups excluding carboxylic acids is 2. The van der Waals surface area contributed by atoms with Gasteiger partial charge in [-0.1, -0.05) is 60.7 Å². The number of hydrogen-bond donors (Lipinski definition) is 1. The number of rotatable bonds is 11. The van der Waals surface area contributed by atoms with E-state index >= 15 is 0 Å². The number of nitrogens with one attached hydrogen (secondary N) is 1. The van der Waals surface area contributed by atoms with Gasteiger partial charge in [0, 0.05) is 30.6 Å². The quantitative estimate of drug-likeness (QED) is 0.256. The lowest BCUT2D eigenvalue weighted by molar-refractivity contribution is -0.384. The second kappa shape index (κ2) is 13.2. The van der Waals surface area contributed by atoms with Gasteiger partial charge in [0.1, 0.15) is 12.6 Å². The van der Waals surface area contributed by atoms with E-state index in [0.717, 1.165) is 33.3 Å². The Hall–Kier alpha value is -4.25. The van der Waals surface area contributed by atoms with E-state index in [9.17, 15) is 28.1 Å². The zero-order chi connectivity index (χ0) is 31.2. The molecule has 2 amide bonds. The third-order valence-corrected chi connectivity index (χ3v) is 7.85. The number of anilines is 1. The predicted octanol–water partition coefficient (Wildman–Crippen LogP) is 4.53. The van der Waals surface area contributed by atoms with Crippen molar-refractivity contribution in [3.05, 3.63) is 105 Å². The zero-order valence-electron chi connectivity index (χ0n) is 24.8. The molecule has 0 saturated heterocycles. The summed E-state index contributed by atoms with van der Waals surface area (Å²) in [6.45, 7) is 8.43. The van der Waals surface area contributed by atoms with Crippen molar-refractivity contribution in [2.45, 2.75) is 59.2 Å². The number of aryl methyl sites for hydroxylation is 2. The van der Waals surface area contributed by atoms with Crippen LogP contribution in [0.5, 0.6) is 0 Å². The van der Waals surface area contributed by atoms with Gasteiger partial charge in [0.2, 0.25) is 21.8 Å². The molecule has 11 heteroatoms. The van der Waals surface area contributed by atoms with Crippen LogP contribution < -0.4 is 9.62 Å². The smallest absolute Gasteiger partial charge is 0.271 e. The van der Waals surface area contributed by atoms with Crippen LogP contribution in [0.25, 0.3) is 0 Å². The first kappa shape index (κ1) is 32.3. The van der Waals surface area contributed by atoms with Crippen LogP contribution in [-0.4, -0.2) is 54.4 Å². The highest BCUT2D eigenvalue weighted by atomic mass is 32.2. The number of non-ortho nitro benzene ring substituents is 1. The van der Waals surface area contributed by atoms with Crippen LogP contribution in [0.3, 0.4) is 0 Å². The lowest BCUT2D eigenvalue weighted by Crippen LogP contribution is -2.56. The van der Waals surface area contributed by atoms with Crippen molar-refractivity contribution < 1.29 is 22.9 Å². The second-order valence-electron chi connectivity index (χ2n) is 11.4. The number of nitrogens with zero attached hydrogens (tertiary/aromatic N) is 3. The average molecular weight is 595 g/mol. The highest BCUT2D eigenvalue weighted by Gasteiger charge is 2.35. The molecule has 0 saturated carbocycles. The van der Waals surface area contributed by atoms with E-state index in [1.54, 1.807) is 6.92 Å². The standard InChI is InChI=1S/C31H38N4O6S/c1-22-12-10-11-15-25(22)20-33(28(30(37)32-31(3,4)5)18-24-13-8-7-9-14-24)29(36)21-34(42(6,40)41)27-19-26(35(38)39)17-16-23(27)2/h7-17,19,28H,18,20-21H2,1-6H3,(H,32,37)/t28-/m1/s1. The van der Waals surface area contributed by atoms with Crippen LogP contribution in [0.2, 0.25) is 0 Å². The molecule has 0 aliphatic rings. The lowest BCUT2D eigenvalue weighted by Gasteiger charge is -2.35. The van der Waals surface area contributed by atoms with Gasteiger partial charge in [-0.3, -0.25) is 24.0 Å². The molecule has 0 heterocycles. The minimum absolute atomic E-state index is 0.0228. The van der Waals surface area contributed by atoms with Crippen molar-refractivity contribution in [2.75, 3.05) is 17.1 Å². The van der Waals surface area contributed by atoms with E-state index in [-0.39, 0.29) is 30.2 Å². The Kier molecular flexibility index (Phi) is 10.1. The zero-order valence-corrected chi connectivity index (χ0v) is 25.6. The summed E-state index contributed by atoms with van der Waals surface area (Å²) in [6, 6.07) is 19.6. The van der Waals surface area contributed by atoms with Gasteiger partial charge >= 0.3 is 0 Å². The fourth-order valence-corrected chi connectivity index (χ4v) is 5.45. The van der Waals surface area contributed by atoms with Crippen molar-refractivity contribution in [3.63, 3.8) is 0 Å². The van der Waals surface area contributed by atoms with Crippen LogP contribution in [0.4, 0.5) is 11.4 Å². The second-order valence-corrected chi connectivity index (χ2v) is 13.3. The number of nitro benzene ring substituents is 1. The maximum atomic E-state index is 14.2. The van der Waals surface area contributed by atoms with Crippen molar-refractivity contribution in [3.8, 4) is 0 Å². The molecule has 0 aliphatic heterocycles. The van der Waals surface area contributed by atoms with Crippen LogP contribution in [0.1, 0.15) is 43.0 Å². The number of hydrogen-bond acceptors (Lipinski definition) is 6. The first-order chi connectivity index (χ1) is 19.6. The molecule has 0 aromatic heterocycles. The van der Waals surface area contributed by atoms with Gasteiger partial charge in [-0.25, -0.2) is 8.42 Å². The fourth-order valence-electron chi connectivity index (χ4n) is 4.55. The maximum Gasteiger partial charge on any atom is 0.271 e. The molecule has 3 aromatic rings. The molecule has 224 valence electrons. The Labute approximate surface area is 247 Å². The monoisotopic (exact) mass is 594 g/mol. The normalized spacial score (nSPS) is 12.3. The Morgan fingerprint density at radius 2 is 1.57 bits per heavy atom. The van der Waals surface area contributed by atoms with E-state index < -0.39 is 39.0 Å². The molecule has 0 radical (unpaired) electrons. The van der Waals surface area contributed by atoms with Gasteiger partial charge in [0.15, 0.2) is 0 Å². The molecule has 3 aromatic carbocycles. The van der Waals surface area contributed by atoms with E-state index in [2.05, 4.69) is 5.32 Å². The summed E-state index contributed by atoms with van der Waals surface area (Å²) in [7, 11) is -4.06. The summed E-state index contributed by atoms with van der Waals surface area (Å²) in [6.07, 6.45) is 1.13. The maximum absolute atomic E-state index is 14.2. The molecule has 1 N–H and O–H groups in total. The Bertz CT molecular complexity index is 1550. The Balaban J connectivity index is 2.14. The Morgan fingerprint density at radius 3 is 2.14 bits per heavy atom. The third-order valence-electron chi connectivity index (χ3n) is 6.72. The summed E-state index contributed by atoms with van der Waals surface area (Å²) in [4.78, 5) is 40.3. The summed E-state index contributed by atoms with van der Waals surface area (Å²) in [5, 5.41) is 14.5. The third kappa shape index (κ3) is 8.62. The van der Waals surface area contributed by atoms with E-state index in [1.165, 1.54) is 17.0 Å². The molecule has 0 spiro atoms. The lowest BCUT2D eigenvalue weighted by atomic mass is 10.00. The molecule has 10 nitrogen and oxygen atoms in total. The van der Waals surface area contributed by atoms with E-state index in [0.29, 0.717) is 5.56 Å². The van der Waals surface area contributed by atoms with Gasteiger partial charge in [-0.2, -0.15) is 0 Å². The molecule has 0 fully saturated rings. The van der Waals surface area contributed by atoms with Gasteiger partial charge < -0.3 is 10.2 Å². The molecule has 1 atom stereocenters. The molecule has 0 bridgehead atoms. The molecular weight excluding hydrogens is 556 g/mol. The number of nitro groups is 1. The molecule has 3 rings (SSSR count). The highest BCUT2D eigenvalue weighted by molar-refractivity contribution is 7.92. The molecule has 0 aliphatic carbocycles. The summed E-state index contributed by atoms with van der Waals surface area (Å²) in [5.74, 6) is -1.01. The fraction of sp³-hybridized carbons (Fsp3) is 0.355. The van der Waals surface area contributed by atoms with E-state index in [1.807, 2.05) is 82.3 Å². The summed E-state index contributed by atoms with van der Waals surface area (Å²) >= 11 is 0. The topological polar surface area (TPSA) is 130 Å². The van der Waals surface area contributed by atoms with Gasteiger partial charge in [0.05, 0.1) is 16.9 Å². The molecule has 42 heavy (non-hydrogen) atoms. The van der Waals surface area contributed by atoms with Crippen molar-refractivity contribution in [1.29, 1.82) is 0 Å². The summed E-state index contributed by atoms with van der Waals surface area (Å²) < 4.78 is 26.9.